The van der Waals surface area contributed by atoms with Crippen LogP contribution in [0.5, 0.6) is 0 Å². The van der Waals surface area contributed by atoms with Gasteiger partial charge in [0.05, 0.1) is 0 Å². The summed E-state index contributed by atoms with van der Waals surface area (Å²) in [5, 5.41) is 0. The number of hydrogen-bond donors (Lipinski definition) is 0. The van der Waals surface area contributed by atoms with E-state index in [1.165, 1.54) is 38.4 Å². The second-order valence-corrected chi connectivity index (χ2v) is 22.4. The van der Waals surface area contributed by atoms with E-state index in [1.54, 1.807) is 0 Å². The van der Waals surface area contributed by atoms with Gasteiger partial charge < -0.3 is 0 Å². The number of esters is 4. The number of ether oxygens (including phenoxy) is 6. The van der Waals surface area contributed by atoms with Crippen molar-refractivity contribution in [2.24, 2.45) is 0 Å². The van der Waals surface area contributed by atoms with E-state index in [0.29, 0.717) is 0 Å². The summed E-state index contributed by atoms with van der Waals surface area (Å²) in [5.41, 5.74) is 0. The van der Waals surface area contributed by atoms with Crippen LogP contribution in [0.4, 0.5) is 0 Å². The minimum atomic E-state index is -3.56. The Balaban J connectivity index is 1.63. The van der Waals surface area contributed by atoms with Gasteiger partial charge in [-0.1, -0.05) is 0 Å². The van der Waals surface area contributed by atoms with E-state index in [-0.39, 0.29) is 13.2 Å². The van der Waals surface area contributed by atoms with Crippen molar-refractivity contribution in [3.63, 3.8) is 0 Å². The van der Waals surface area contributed by atoms with Gasteiger partial charge in [-0.3, -0.25) is 0 Å². The van der Waals surface area contributed by atoms with Gasteiger partial charge in [0.25, 0.3) is 0 Å². The summed E-state index contributed by atoms with van der Waals surface area (Å²) in [7, 11) is 0. The van der Waals surface area contributed by atoms with Crippen LogP contribution >= 0.6 is 0 Å². The van der Waals surface area contributed by atoms with Gasteiger partial charge in [-0.05, 0) is 0 Å². The second kappa shape index (κ2) is 17.2. The number of benzene rings is 3. The third-order valence-corrected chi connectivity index (χ3v) is 21.4. The number of carbonyl (C=O) groups is 4. The zero-order valence-corrected chi connectivity index (χ0v) is 29.8. The summed E-state index contributed by atoms with van der Waals surface area (Å²) in [6.07, 6.45) is -2.14. The van der Waals surface area contributed by atoms with Crippen LogP contribution in [-0.2, 0) is 47.6 Å². The molecule has 3 aromatic carbocycles. The molecule has 3 aromatic rings. The molecule has 1 saturated heterocycles. The fraction of sp³-hybridized carbons (Fsp3) is 0.333. The first-order valence-electron chi connectivity index (χ1n) is 15.4. The molecule has 47 heavy (non-hydrogen) atoms. The van der Waals surface area contributed by atoms with Crippen LogP contribution in [-0.4, -0.2) is 86.2 Å². The van der Waals surface area contributed by atoms with Crippen LogP contribution in [0.1, 0.15) is 27.7 Å². The molecule has 4 rings (SSSR count). The van der Waals surface area contributed by atoms with Gasteiger partial charge >= 0.3 is 280 Å². The van der Waals surface area contributed by atoms with Crippen molar-refractivity contribution in [2.75, 3.05) is 13.2 Å². The van der Waals surface area contributed by atoms with Crippen molar-refractivity contribution in [3.8, 4) is 0 Å². The van der Waals surface area contributed by atoms with Crippen LogP contribution in [0.2, 0.25) is 4.44 Å². The summed E-state index contributed by atoms with van der Waals surface area (Å²) in [6.45, 7) is 4.49. The summed E-state index contributed by atoms with van der Waals surface area (Å²) < 4.78 is 38.5. The molecule has 1 aliphatic rings. The molecule has 248 valence electrons. The van der Waals surface area contributed by atoms with Crippen molar-refractivity contribution in [2.45, 2.75) is 62.8 Å². The van der Waals surface area contributed by atoms with Gasteiger partial charge in [-0.25, -0.2) is 0 Å². The standard InChI is InChI=1S/C18H25O10.3C6H5.Sn/c1-6-7-8-23-18-17(27-13(5)22)16(26-12(4)21)15(25-11(3)20)14(28-18)9-24-10(2)19;3*1-2-4-6-5-3-1;/h6-7,14-18H,1,8-9H2,2-5H3;3*1-5H;/b7-6+;;;;/t14-,15-,16+,17-,18-;;;;/m1..../s1. The Morgan fingerprint density at radius 3 is 1.51 bits per heavy atom. The summed E-state index contributed by atoms with van der Waals surface area (Å²) in [4.78, 5) is 47.9. The Kier molecular flexibility index (Phi) is 13.1. The molecule has 1 aliphatic heterocycles. The summed E-state index contributed by atoms with van der Waals surface area (Å²) >= 11 is -3.56. The molecule has 0 aromatic heterocycles. The first-order valence-corrected chi connectivity index (χ1v) is 21.7. The molecule has 1 fully saturated rings. The molecule has 0 unspecified atom stereocenters. The van der Waals surface area contributed by atoms with Crippen LogP contribution in [0.15, 0.2) is 103 Å². The normalized spacial score (nSPS) is 21.1. The molecule has 0 radical (unpaired) electrons. The number of rotatable bonds is 13. The van der Waals surface area contributed by atoms with Gasteiger partial charge in [0.1, 0.15) is 0 Å². The zero-order chi connectivity index (χ0) is 33.8. The van der Waals surface area contributed by atoms with Gasteiger partial charge in [-0.15, -0.1) is 0 Å². The second-order valence-electron chi connectivity index (χ2n) is 11.1. The molecule has 0 amide bonds. The number of allylic oxidation sites excluding steroid dienone is 1. The molecule has 1 heterocycles. The third-order valence-electron chi connectivity index (χ3n) is 7.70. The Bertz CT molecular complexity index is 1420. The molecule has 10 nitrogen and oxygen atoms in total. The fourth-order valence-corrected chi connectivity index (χ4v) is 18.7. The van der Waals surface area contributed by atoms with Crippen LogP contribution in [0.3, 0.4) is 0 Å². The van der Waals surface area contributed by atoms with Crippen molar-refractivity contribution in [1.29, 1.82) is 0 Å². The monoisotopic (exact) mass is 752 g/mol. The maximum absolute atomic E-state index is 12.1. The SMILES string of the molecule is CC(=O)OC[C@H]1O[C@@H](OC/C=C/[CH2][Sn]([c]2ccccc2)([c]2ccccc2)[c]2ccccc2)[C@H](OC(C)=O)[C@@H](OC(C)=O)[C@@H]1OC(C)=O. The predicted molar refractivity (Wildman–Crippen MR) is 176 cm³/mol. The van der Waals surface area contributed by atoms with E-state index in [4.69, 9.17) is 28.4 Å². The van der Waals surface area contributed by atoms with E-state index in [0.717, 1.165) is 4.44 Å². The van der Waals surface area contributed by atoms with Gasteiger partial charge in [-0.2, -0.15) is 0 Å². The Hall–Kier alpha value is -4.00. The number of hydrogen-bond acceptors (Lipinski definition) is 10. The van der Waals surface area contributed by atoms with E-state index >= 15 is 0 Å². The Morgan fingerprint density at radius 1 is 0.617 bits per heavy atom. The Morgan fingerprint density at radius 2 is 1.06 bits per heavy atom. The maximum atomic E-state index is 12.1. The van der Waals surface area contributed by atoms with Crippen molar-refractivity contribution >= 4 is 53.0 Å². The molecular weight excluding hydrogens is 711 g/mol. The average molecular weight is 751 g/mol. The van der Waals surface area contributed by atoms with Gasteiger partial charge in [0.2, 0.25) is 0 Å². The molecular formula is C36H40O10Sn. The van der Waals surface area contributed by atoms with E-state index in [1.807, 2.05) is 24.3 Å². The fourth-order valence-electron chi connectivity index (χ4n) is 5.82. The van der Waals surface area contributed by atoms with Crippen LogP contribution in [0, 0.1) is 0 Å². The summed E-state index contributed by atoms with van der Waals surface area (Å²) in [6, 6.07) is 31.7. The minimum absolute atomic E-state index is 0.0497. The van der Waals surface area contributed by atoms with Gasteiger partial charge in [0.15, 0.2) is 0 Å². The van der Waals surface area contributed by atoms with Gasteiger partial charge in [0, 0.05) is 0 Å². The molecule has 11 heteroatoms. The molecule has 0 N–H and O–H groups in total. The molecule has 0 spiro atoms. The van der Waals surface area contributed by atoms with E-state index in [2.05, 4.69) is 78.9 Å². The van der Waals surface area contributed by atoms with Crippen molar-refractivity contribution < 1.29 is 47.6 Å². The molecule has 0 aliphatic carbocycles. The summed E-state index contributed by atoms with van der Waals surface area (Å²) in [5.74, 6) is -2.68. The third kappa shape index (κ3) is 9.52. The predicted octanol–water partition coefficient (Wildman–Crippen LogP) is 2.81. The van der Waals surface area contributed by atoms with E-state index < -0.39 is 73.0 Å². The van der Waals surface area contributed by atoms with Crippen molar-refractivity contribution in [1.82, 2.24) is 0 Å². The molecule has 0 bridgehead atoms. The van der Waals surface area contributed by atoms with Crippen LogP contribution in [0.25, 0.3) is 0 Å². The first kappa shape index (κ1) is 35.8. The average Bonchev–Trinajstić information content (AvgIpc) is 3.05. The van der Waals surface area contributed by atoms with E-state index in [9.17, 15) is 19.2 Å². The molecule has 0 saturated carbocycles. The van der Waals surface area contributed by atoms with Crippen molar-refractivity contribution in [3.05, 3.63) is 103 Å². The molecule has 5 atom stereocenters. The van der Waals surface area contributed by atoms with Crippen LogP contribution < -0.4 is 10.7 Å². The Labute approximate surface area is 278 Å². The zero-order valence-electron chi connectivity index (χ0n) is 26.9. The quantitative estimate of drug-likeness (QED) is 0.112. The topological polar surface area (TPSA) is 124 Å². The number of carbonyl (C=O) groups excluding carboxylic acids is 4. The first-order chi connectivity index (χ1) is 22.6.